The summed E-state index contributed by atoms with van der Waals surface area (Å²) in [7, 11) is 0. The van der Waals surface area contributed by atoms with Crippen LogP contribution in [-0.4, -0.2) is 46.4 Å². The molecule has 1 aromatic heterocycles. The largest absolute Gasteiger partial charge is 0.322 e. The lowest BCUT2D eigenvalue weighted by atomic mass is 10.0. The fourth-order valence-corrected chi connectivity index (χ4v) is 4.48. The van der Waals surface area contributed by atoms with E-state index in [1.807, 2.05) is 16.8 Å². The Morgan fingerprint density at radius 1 is 0.967 bits per heavy atom. The monoisotopic (exact) mass is 426 g/mol. The van der Waals surface area contributed by atoms with Gasteiger partial charge in [-0.3, -0.25) is 0 Å². The first kappa shape index (κ1) is 21.0. The first-order valence-electron chi connectivity index (χ1n) is 10.7. The van der Waals surface area contributed by atoms with Crippen molar-refractivity contribution in [1.82, 2.24) is 20.2 Å². The van der Waals surface area contributed by atoms with Crippen LogP contribution in [0.5, 0.6) is 0 Å². The summed E-state index contributed by atoms with van der Waals surface area (Å²) >= 11 is 6.17. The molecule has 4 rings (SSSR count). The summed E-state index contributed by atoms with van der Waals surface area (Å²) < 4.78 is 1.97. The molecule has 0 saturated carbocycles. The molecule has 2 N–H and O–H groups in total. The predicted molar refractivity (Wildman–Crippen MR) is 118 cm³/mol. The summed E-state index contributed by atoms with van der Waals surface area (Å²) in [5.41, 5.74) is 2.44. The van der Waals surface area contributed by atoms with E-state index < -0.39 is 0 Å². The van der Waals surface area contributed by atoms with Gasteiger partial charge in [0.15, 0.2) is 6.04 Å². The highest BCUT2D eigenvalue weighted by Gasteiger charge is 2.37. The Balaban J connectivity index is 1.57. The van der Waals surface area contributed by atoms with Crippen molar-refractivity contribution in [2.45, 2.75) is 38.9 Å². The summed E-state index contributed by atoms with van der Waals surface area (Å²) in [6.45, 7) is 11.9. The van der Waals surface area contributed by atoms with Gasteiger partial charge in [0, 0.05) is 16.1 Å². The highest BCUT2D eigenvalue weighted by atomic mass is 35.5. The van der Waals surface area contributed by atoms with Gasteiger partial charge in [-0.15, -0.1) is 5.10 Å². The topological polar surface area (TPSA) is 52.5 Å². The van der Waals surface area contributed by atoms with Crippen LogP contribution in [0, 0.1) is 0 Å². The van der Waals surface area contributed by atoms with Gasteiger partial charge < -0.3 is 9.80 Å². The lowest BCUT2D eigenvalue weighted by Gasteiger charge is -2.35. The third-order valence-corrected chi connectivity index (χ3v) is 6.15. The highest BCUT2D eigenvalue weighted by molar-refractivity contribution is 6.30. The van der Waals surface area contributed by atoms with E-state index in [1.54, 1.807) is 4.90 Å². The molecule has 3 aromatic rings. The van der Waals surface area contributed by atoms with E-state index >= 15 is 0 Å². The van der Waals surface area contributed by atoms with Crippen LogP contribution in [0.25, 0.3) is 0 Å². The molecule has 0 radical (unpaired) electrons. The lowest BCUT2D eigenvalue weighted by molar-refractivity contribution is -1.03. The van der Waals surface area contributed by atoms with E-state index in [4.69, 9.17) is 11.6 Å². The molecule has 30 heavy (non-hydrogen) atoms. The summed E-state index contributed by atoms with van der Waals surface area (Å²) in [6, 6.07) is 19.0. The van der Waals surface area contributed by atoms with Gasteiger partial charge >= 0.3 is 0 Å². The Morgan fingerprint density at radius 3 is 2.27 bits per heavy atom. The van der Waals surface area contributed by atoms with E-state index in [0.29, 0.717) is 0 Å². The molecule has 0 spiro atoms. The summed E-state index contributed by atoms with van der Waals surface area (Å²) in [4.78, 5) is 3.14. The molecule has 6 nitrogen and oxygen atoms in total. The van der Waals surface area contributed by atoms with Crippen molar-refractivity contribution in [3.8, 4) is 0 Å². The number of hydrogen-bond acceptors (Lipinski definition) is 3. The molecular weight excluding hydrogens is 396 g/mol. The number of benzene rings is 2. The lowest BCUT2D eigenvalue weighted by Crippen LogP contribution is -3.27. The predicted octanol–water partition coefficient (Wildman–Crippen LogP) is 1.15. The third kappa shape index (κ3) is 4.72. The summed E-state index contributed by atoms with van der Waals surface area (Å²) in [6.07, 6.45) is 0. The van der Waals surface area contributed by atoms with Crippen molar-refractivity contribution in [3.05, 3.63) is 76.6 Å². The van der Waals surface area contributed by atoms with E-state index in [1.165, 1.54) is 16.0 Å². The number of halogens is 1. The van der Waals surface area contributed by atoms with Crippen molar-refractivity contribution in [2.75, 3.05) is 26.2 Å². The van der Waals surface area contributed by atoms with Crippen molar-refractivity contribution in [3.63, 3.8) is 0 Å². The maximum absolute atomic E-state index is 6.17. The van der Waals surface area contributed by atoms with Crippen LogP contribution < -0.4 is 9.80 Å². The van der Waals surface area contributed by atoms with Crippen molar-refractivity contribution in [2.24, 2.45) is 0 Å². The zero-order valence-electron chi connectivity index (χ0n) is 18.0. The number of piperazine rings is 1. The average Bonchev–Trinajstić information content (AvgIpc) is 3.22. The highest BCUT2D eigenvalue weighted by Crippen LogP contribution is 2.23. The third-order valence-electron chi connectivity index (χ3n) is 5.90. The van der Waals surface area contributed by atoms with Gasteiger partial charge in [-0.25, -0.2) is 4.68 Å². The summed E-state index contributed by atoms with van der Waals surface area (Å²) in [5.74, 6) is 0.923. The van der Waals surface area contributed by atoms with Crippen LogP contribution in [0.2, 0.25) is 5.02 Å². The molecule has 0 amide bonds. The van der Waals surface area contributed by atoms with Gasteiger partial charge in [0.25, 0.3) is 0 Å². The molecule has 2 aromatic carbocycles. The van der Waals surface area contributed by atoms with Crippen LogP contribution in [-0.2, 0) is 12.1 Å². The zero-order chi connectivity index (χ0) is 21.1. The Morgan fingerprint density at radius 2 is 1.63 bits per heavy atom. The second-order valence-corrected chi connectivity index (χ2v) is 9.61. The molecule has 1 saturated heterocycles. The number of tetrazole rings is 1. The zero-order valence-corrected chi connectivity index (χ0v) is 18.7. The molecule has 0 bridgehead atoms. The molecule has 1 atom stereocenters. The van der Waals surface area contributed by atoms with Gasteiger partial charge in [-0.05, 0) is 43.3 Å². The van der Waals surface area contributed by atoms with E-state index in [2.05, 4.69) is 78.8 Å². The van der Waals surface area contributed by atoms with Crippen LogP contribution in [0.1, 0.15) is 43.8 Å². The number of aromatic nitrogens is 4. The number of nitrogens with zero attached hydrogens (tertiary/aromatic N) is 4. The second kappa shape index (κ2) is 8.84. The first-order valence-corrected chi connectivity index (χ1v) is 11.1. The maximum atomic E-state index is 6.17. The first-order chi connectivity index (χ1) is 14.4. The normalized spacial score (nSPS) is 20.8. The molecular formula is C23H31ClN6+2. The fourth-order valence-electron chi connectivity index (χ4n) is 4.35. The molecule has 0 unspecified atom stereocenters. The van der Waals surface area contributed by atoms with Crippen molar-refractivity contribution < 1.29 is 9.80 Å². The average molecular weight is 427 g/mol. The Bertz CT molecular complexity index is 940. The number of hydrogen-bond donors (Lipinski definition) is 2. The Kier molecular flexibility index (Phi) is 6.18. The minimum absolute atomic E-state index is 0.0924. The second-order valence-electron chi connectivity index (χ2n) is 9.17. The van der Waals surface area contributed by atoms with Crippen molar-refractivity contribution in [1.29, 1.82) is 0 Å². The van der Waals surface area contributed by atoms with Crippen molar-refractivity contribution >= 4 is 11.6 Å². The van der Waals surface area contributed by atoms with Gasteiger partial charge in [0.05, 0.1) is 5.54 Å². The van der Waals surface area contributed by atoms with Crippen LogP contribution in [0.15, 0.2) is 54.6 Å². The molecule has 0 aliphatic carbocycles. The Hall–Kier alpha value is -2.28. The van der Waals surface area contributed by atoms with Gasteiger partial charge in [0.1, 0.15) is 32.7 Å². The minimum atomic E-state index is -0.177. The van der Waals surface area contributed by atoms with E-state index in [0.717, 1.165) is 43.6 Å². The van der Waals surface area contributed by atoms with E-state index in [9.17, 15) is 0 Å². The van der Waals surface area contributed by atoms with Crippen LogP contribution in [0.4, 0.5) is 0 Å². The SMILES string of the molecule is CC(C)(C)n1nnnc1[C@H](c1ccc(Cl)cc1)[NH+]1CC[NH+](Cc2ccccc2)CC1. The number of rotatable bonds is 5. The maximum Gasteiger partial charge on any atom is 0.214 e. The molecule has 2 heterocycles. The molecule has 1 aliphatic rings. The number of quaternary nitrogens is 2. The smallest absolute Gasteiger partial charge is 0.214 e. The molecule has 7 heteroatoms. The Labute approximate surface area is 183 Å². The quantitative estimate of drug-likeness (QED) is 0.643. The summed E-state index contributed by atoms with van der Waals surface area (Å²) in [5, 5.41) is 13.6. The molecule has 158 valence electrons. The van der Waals surface area contributed by atoms with Gasteiger partial charge in [0.2, 0.25) is 5.82 Å². The van der Waals surface area contributed by atoms with Gasteiger partial charge in [-0.2, -0.15) is 0 Å². The minimum Gasteiger partial charge on any atom is -0.322 e. The molecule has 1 fully saturated rings. The molecule has 1 aliphatic heterocycles. The van der Waals surface area contributed by atoms with Crippen LogP contribution in [0.3, 0.4) is 0 Å². The number of nitrogens with one attached hydrogen (secondary N) is 2. The standard InChI is InChI=1S/C23H29ClN6/c1-23(2,3)30-22(25-26-27-30)21(19-9-11-20(24)12-10-19)29-15-13-28(14-16-29)17-18-7-5-4-6-8-18/h4-12,21H,13-17H2,1-3H3/p+2/t21-/m0/s1. The van der Waals surface area contributed by atoms with Crippen LogP contribution >= 0.6 is 11.6 Å². The van der Waals surface area contributed by atoms with Gasteiger partial charge in [-0.1, -0.05) is 54.1 Å². The van der Waals surface area contributed by atoms with E-state index in [-0.39, 0.29) is 11.6 Å². The fraction of sp³-hybridized carbons (Fsp3) is 0.435.